The van der Waals surface area contributed by atoms with Crippen molar-refractivity contribution >= 4 is 74.6 Å². The van der Waals surface area contributed by atoms with Crippen LogP contribution >= 0.6 is 11.3 Å². The van der Waals surface area contributed by atoms with E-state index in [9.17, 15) is 0 Å². The van der Waals surface area contributed by atoms with Gasteiger partial charge in [0.2, 0.25) is 0 Å². The number of hydrogen-bond acceptors (Lipinski definition) is 3. The zero-order valence-corrected chi connectivity index (χ0v) is 26.1. The minimum absolute atomic E-state index is 0.725. The maximum atomic E-state index is 5.15. The molecule has 0 saturated carbocycles. The maximum absolute atomic E-state index is 5.15. The third-order valence-corrected chi connectivity index (χ3v) is 10.6. The van der Waals surface area contributed by atoms with Crippen LogP contribution in [0.2, 0.25) is 0 Å². The van der Waals surface area contributed by atoms with E-state index >= 15 is 0 Å². The van der Waals surface area contributed by atoms with E-state index in [1.807, 2.05) is 23.5 Å². The highest BCUT2D eigenvalue weighted by Gasteiger charge is 2.18. The van der Waals surface area contributed by atoms with Crippen LogP contribution in [0.15, 0.2) is 158 Å². The van der Waals surface area contributed by atoms with Crippen molar-refractivity contribution in [2.24, 2.45) is 0 Å². The minimum Gasteiger partial charge on any atom is -0.228 e. The summed E-state index contributed by atoms with van der Waals surface area (Å²) in [6, 6.07) is 56.4. The summed E-state index contributed by atoms with van der Waals surface area (Å²) in [6.07, 6.45) is 0. The van der Waals surface area contributed by atoms with Crippen LogP contribution in [0.5, 0.6) is 0 Å². The van der Waals surface area contributed by atoms with Gasteiger partial charge in [0.05, 0.1) is 11.4 Å². The van der Waals surface area contributed by atoms with Gasteiger partial charge >= 0.3 is 0 Å². The molecule has 0 atom stereocenters. The van der Waals surface area contributed by atoms with Crippen LogP contribution < -0.4 is 0 Å². The molecule has 0 N–H and O–H groups in total. The fourth-order valence-electron chi connectivity index (χ4n) is 7.27. The third-order valence-electron chi connectivity index (χ3n) is 9.45. The molecule has 0 spiro atoms. The number of nitrogens with zero attached hydrogens (tertiary/aromatic N) is 2. The highest BCUT2D eigenvalue weighted by molar-refractivity contribution is 7.27. The monoisotopic (exact) mass is 614 g/mol. The lowest BCUT2D eigenvalue weighted by Crippen LogP contribution is -1.96. The molecule has 0 unspecified atom stereocenters. The summed E-state index contributed by atoms with van der Waals surface area (Å²) in [5.41, 5.74) is 4.98. The molecule has 0 aliphatic rings. The first-order valence-electron chi connectivity index (χ1n) is 15.9. The molecule has 0 aliphatic heterocycles. The normalized spacial score (nSPS) is 11.8. The molecule has 0 saturated heterocycles. The molecular formula is C44H26N2S. The minimum atomic E-state index is 0.725. The van der Waals surface area contributed by atoms with E-state index < -0.39 is 0 Å². The first kappa shape index (κ1) is 26.3. The summed E-state index contributed by atoms with van der Waals surface area (Å²) in [6.45, 7) is 0. The average Bonchev–Trinajstić information content (AvgIpc) is 3.55. The quantitative estimate of drug-likeness (QED) is 0.185. The van der Waals surface area contributed by atoms with Gasteiger partial charge in [-0.15, -0.1) is 11.3 Å². The molecule has 47 heavy (non-hydrogen) atoms. The Morgan fingerprint density at radius 3 is 1.66 bits per heavy atom. The van der Waals surface area contributed by atoms with Crippen LogP contribution in [-0.2, 0) is 0 Å². The molecule has 0 fully saturated rings. The summed E-state index contributed by atoms with van der Waals surface area (Å²) in [4.78, 5) is 10.3. The predicted molar refractivity (Wildman–Crippen MR) is 201 cm³/mol. The van der Waals surface area contributed by atoms with E-state index in [-0.39, 0.29) is 0 Å². The van der Waals surface area contributed by atoms with Crippen molar-refractivity contribution < 1.29 is 0 Å². The molecule has 8 aromatic carbocycles. The maximum Gasteiger partial charge on any atom is 0.160 e. The highest BCUT2D eigenvalue weighted by Crippen LogP contribution is 2.46. The molecular weight excluding hydrogens is 589 g/mol. The second-order valence-electron chi connectivity index (χ2n) is 12.1. The summed E-state index contributed by atoms with van der Waals surface area (Å²) < 4.78 is 2.66. The van der Waals surface area contributed by atoms with Crippen molar-refractivity contribution in [3.05, 3.63) is 158 Å². The Morgan fingerprint density at radius 1 is 0.362 bits per heavy atom. The Bertz CT molecular complexity index is 2780. The second kappa shape index (κ2) is 10.3. The van der Waals surface area contributed by atoms with Gasteiger partial charge in [-0.1, -0.05) is 140 Å². The number of rotatable bonds is 3. The lowest BCUT2D eigenvalue weighted by molar-refractivity contribution is 1.18. The zero-order chi connectivity index (χ0) is 30.9. The van der Waals surface area contributed by atoms with Gasteiger partial charge in [-0.2, -0.15) is 0 Å². The van der Waals surface area contributed by atoms with Crippen molar-refractivity contribution in [2.75, 3.05) is 0 Å². The average molecular weight is 615 g/mol. The molecule has 2 aromatic heterocycles. The lowest BCUT2D eigenvalue weighted by atomic mass is 9.92. The van der Waals surface area contributed by atoms with E-state index in [2.05, 4.69) is 146 Å². The van der Waals surface area contributed by atoms with Gasteiger partial charge in [-0.05, 0) is 55.9 Å². The van der Waals surface area contributed by atoms with Crippen molar-refractivity contribution in [2.45, 2.75) is 0 Å². The van der Waals surface area contributed by atoms with Gasteiger partial charge in [0.1, 0.15) is 0 Å². The van der Waals surface area contributed by atoms with Crippen LogP contribution in [-0.4, -0.2) is 9.97 Å². The Kier molecular flexibility index (Phi) is 5.78. The Labute approximate surface area is 275 Å². The summed E-state index contributed by atoms with van der Waals surface area (Å²) in [5, 5.41) is 12.8. The van der Waals surface area contributed by atoms with Gasteiger partial charge in [-0.3, -0.25) is 0 Å². The molecule has 2 nitrogen and oxygen atoms in total. The highest BCUT2D eigenvalue weighted by atomic mass is 32.1. The summed E-state index contributed by atoms with van der Waals surface area (Å²) in [7, 11) is 0. The molecule has 10 aromatic rings. The number of thiophene rings is 1. The fourth-order valence-corrected chi connectivity index (χ4v) is 8.55. The Morgan fingerprint density at radius 2 is 0.936 bits per heavy atom. The van der Waals surface area contributed by atoms with Crippen LogP contribution in [0, 0.1) is 0 Å². The molecule has 3 heteroatoms. The SMILES string of the molecule is c1ccc(-c2cc(-c3ccccc3)nc(-c3ccc4c(c3)c3ccccc3c3ccc5c(sc6ccc7ccccc7c65)c34)n2)cc1. The largest absolute Gasteiger partial charge is 0.228 e. The summed E-state index contributed by atoms with van der Waals surface area (Å²) >= 11 is 1.90. The second-order valence-corrected chi connectivity index (χ2v) is 13.2. The molecule has 10 rings (SSSR count). The van der Waals surface area contributed by atoms with Gasteiger partial charge in [0, 0.05) is 42.2 Å². The van der Waals surface area contributed by atoms with E-state index in [1.165, 1.54) is 63.3 Å². The molecule has 2 heterocycles. The van der Waals surface area contributed by atoms with Gasteiger partial charge in [-0.25, -0.2) is 9.97 Å². The first-order chi connectivity index (χ1) is 23.3. The zero-order valence-electron chi connectivity index (χ0n) is 25.3. The predicted octanol–water partition coefficient (Wildman–Crippen LogP) is 12.5. The van der Waals surface area contributed by atoms with Crippen LogP contribution in [0.1, 0.15) is 0 Å². The lowest BCUT2D eigenvalue weighted by Gasteiger charge is -2.13. The van der Waals surface area contributed by atoms with E-state index in [4.69, 9.17) is 9.97 Å². The molecule has 0 bridgehead atoms. The third kappa shape index (κ3) is 4.10. The first-order valence-corrected chi connectivity index (χ1v) is 16.7. The number of benzene rings is 8. The van der Waals surface area contributed by atoms with E-state index in [0.29, 0.717) is 0 Å². The molecule has 0 radical (unpaired) electrons. The molecule has 0 amide bonds. The Hall–Kier alpha value is -5.90. The van der Waals surface area contributed by atoms with Gasteiger partial charge in [0.15, 0.2) is 5.82 Å². The summed E-state index contributed by atoms with van der Waals surface area (Å²) in [5.74, 6) is 0.725. The van der Waals surface area contributed by atoms with E-state index in [0.717, 1.165) is 33.9 Å². The van der Waals surface area contributed by atoms with Crippen molar-refractivity contribution in [3.63, 3.8) is 0 Å². The van der Waals surface area contributed by atoms with Crippen LogP contribution in [0.4, 0.5) is 0 Å². The topological polar surface area (TPSA) is 25.8 Å². The smallest absolute Gasteiger partial charge is 0.160 e. The number of aromatic nitrogens is 2. The van der Waals surface area contributed by atoms with Crippen molar-refractivity contribution in [1.82, 2.24) is 9.97 Å². The van der Waals surface area contributed by atoms with Crippen LogP contribution in [0.3, 0.4) is 0 Å². The van der Waals surface area contributed by atoms with Crippen molar-refractivity contribution in [1.29, 1.82) is 0 Å². The van der Waals surface area contributed by atoms with E-state index in [1.54, 1.807) is 0 Å². The van der Waals surface area contributed by atoms with Crippen LogP contribution in [0.25, 0.3) is 97.2 Å². The fraction of sp³-hybridized carbons (Fsp3) is 0. The number of hydrogen-bond donors (Lipinski definition) is 0. The van der Waals surface area contributed by atoms with Gasteiger partial charge in [0.25, 0.3) is 0 Å². The van der Waals surface area contributed by atoms with Gasteiger partial charge < -0.3 is 0 Å². The molecule has 0 aliphatic carbocycles. The molecule has 218 valence electrons. The van der Waals surface area contributed by atoms with Crippen molar-refractivity contribution in [3.8, 4) is 33.9 Å². The Balaban J connectivity index is 1.28. The number of fused-ring (bicyclic) bond motifs is 12. The standard InChI is InChI=1S/C44H26N2S/c1-3-12-28(13-4-1)38-26-39(29-14-5-2-6-15-29)46-44(45-38)30-19-21-35-37(25-30)33-18-10-9-17-32(33)34-22-23-36-41-31-16-8-7-11-27(31)20-24-40(41)47-43(36)42(34)35/h1-26H.